The van der Waals surface area contributed by atoms with Gasteiger partial charge in [-0.25, -0.2) is 0 Å². The van der Waals surface area contributed by atoms with E-state index in [1.54, 1.807) is 0 Å². The highest BCUT2D eigenvalue weighted by molar-refractivity contribution is 5.03. The van der Waals surface area contributed by atoms with Crippen molar-refractivity contribution in [2.75, 3.05) is 0 Å². The summed E-state index contributed by atoms with van der Waals surface area (Å²) in [6.07, 6.45) is 5.99. The van der Waals surface area contributed by atoms with Crippen molar-refractivity contribution in [1.82, 2.24) is 0 Å². The maximum Gasteiger partial charge on any atom is 0.0802 e. The Hall–Kier alpha value is -0.300. The Morgan fingerprint density at radius 3 is 2.67 bits per heavy atom. The molecule has 0 fully saturated rings. The second-order valence-corrected chi connectivity index (χ2v) is 3.30. The summed E-state index contributed by atoms with van der Waals surface area (Å²) in [5, 5.41) is 9.46. The fourth-order valence-electron chi connectivity index (χ4n) is 1.41. The Balaban J connectivity index is 2.60. The number of allylic oxidation sites excluding steroid dienone is 1. The molecule has 0 bridgehead atoms. The van der Waals surface area contributed by atoms with Crippen LogP contribution in [0, 0.1) is 5.92 Å². The first-order valence-electron chi connectivity index (χ1n) is 3.50. The van der Waals surface area contributed by atoms with Gasteiger partial charge in [0, 0.05) is 0 Å². The van der Waals surface area contributed by atoms with Crippen LogP contribution in [0.5, 0.6) is 0 Å². The lowest BCUT2D eigenvalue weighted by molar-refractivity contribution is 0.0785. The Morgan fingerprint density at radius 2 is 2.33 bits per heavy atom. The Bertz CT molecular complexity index is 125. The van der Waals surface area contributed by atoms with Crippen LogP contribution < -0.4 is 0 Å². The zero-order valence-electron chi connectivity index (χ0n) is 6.09. The van der Waals surface area contributed by atoms with Gasteiger partial charge in [0.25, 0.3) is 0 Å². The van der Waals surface area contributed by atoms with Gasteiger partial charge in [0.2, 0.25) is 0 Å². The molecule has 1 aliphatic carbocycles. The summed E-state index contributed by atoms with van der Waals surface area (Å²) < 4.78 is 0. The molecule has 0 spiro atoms. The topological polar surface area (TPSA) is 20.2 Å². The minimum Gasteiger partial charge on any atom is -0.386 e. The van der Waals surface area contributed by atoms with E-state index in [2.05, 4.69) is 13.0 Å². The van der Waals surface area contributed by atoms with Crippen molar-refractivity contribution in [3.8, 4) is 0 Å². The SMILES string of the molecule is CC1CC=CC(C)(O)C1. The van der Waals surface area contributed by atoms with Gasteiger partial charge in [0.1, 0.15) is 0 Å². The summed E-state index contributed by atoms with van der Waals surface area (Å²) in [6, 6.07) is 0. The molecule has 0 saturated carbocycles. The van der Waals surface area contributed by atoms with Crippen LogP contribution in [0.2, 0.25) is 0 Å². The normalized spacial score (nSPS) is 43.2. The van der Waals surface area contributed by atoms with E-state index < -0.39 is 5.60 Å². The molecule has 1 N–H and O–H groups in total. The maximum atomic E-state index is 9.46. The third-order valence-electron chi connectivity index (χ3n) is 1.78. The van der Waals surface area contributed by atoms with Gasteiger partial charge < -0.3 is 5.11 Å². The molecule has 9 heavy (non-hydrogen) atoms. The average Bonchev–Trinajstić information content (AvgIpc) is 1.60. The number of aliphatic hydroxyl groups is 1. The minimum atomic E-state index is -0.530. The predicted molar refractivity (Wildman–Crippen MR) is 38.2 cm³/mol. The largest absolute Gasteiger partial charge is 0.386 e. The molecular formula is C8H14O. The van der Waals surface area contributed by atoms with E-state index in [1.165, 1.54) is 0 Å². The lowest BCUT2D eigenvalue weighted by Crippen LogP contribution is -2.26. The smallest absolute Gasteiger partial charge is 0.0802 e. The molecule has 1 heteroatoms. The molecule has 2 unspecified atom stereocenters. The third-order valence-corrected chi connectivity index (χ3v) is 1.78. The Morgan fingerprint density at radius 1 is 1.67 bits per heavy atom. The van der Waals surface area contributed by atoms with E-state index in [9.17, 15) is 5.11 Å². The molecule has 0 aliphatic heterocycles. The van der Waals surface area contributed by atoms with Crippen LogP contribution in [0.4, 0.5) is 0 Å². The number of rotatable bonds is 0. The predicted octanol–water partition coefficient (Wildman–Crippen LogP) is 1.72. The molecule has 0 heterocycles. The Labute approximate surface area is 56.4 Å². The molecule has 0 radical (unpaired) electrons. The molecule has 1 aliphatic rings. The van der Waals surface area contributed by atoms with Gasteiger partial charge in [0.15, 0.2) is 0 Å². The van der Waals surface area contributed by atoms with E-state index in [4.69, 9.17) is 0 Å². The summed E-state index contributed by atoms with van der Waals surface area (Å²) >= 11 is 0. The van der Waals surface area contributed by atoms with Crippen molar-refractivity contribution < 1.29 is 5.11 Å². The zero-order valence-corrected chi connectivity index (χ0v) is 6.09. The lowest BCUT2D eigenvalue weighted by Gasteiger charge is -2.26. The molecule has 0 aromatic heterocycles. The summed E-state index contributed by atoms with van der Waals surface area (Å²) in [6.45, 7) is 4.02. The molecular weight excluding hydrogens is 112 g/mol. The van der Waals surface area contributed by atoms with Crippen LogP contribution in [0.15, 0.2) is 12.2 Å². The molecule has 0 aromatic carbocycles. The third kappa shape index (κ3) is 1.83. The molecule has 1 nitrogen and oxygen atoms in total. The van der Waals surface area contributed by atoms with Gasteiger partial charge in [0.05, 0.1) is 5.60 Å². The van der Waals surface area contributed by atoms with Crippen molar-refractivity contribution in [3.05, 3.63) is 12.2 Å². The second kappa shape index (κ2) is 2.14. The van der Waals surface area contributed by atoms with Crippen molar-refractivity contribution in [3.63, 3.8) is 0 Å². The van der Waals surface area contributed by atoms with Gasteiger partial charge in [-0.2, -0.15) is 0 Å². The fraction of sp³-hybridized carbons (Fsp3) is 0.750. The van der Waals surface area contributed by atoms with Gasteiger partial charge >= 0.3 is 0 Å². The monoisotopic (exact) mass is 126 g/mol. The van der Waals surface area contributed by atoms with E-state index in [0.29, 0.717) is 5.92 Å². The number of hydrogen-bond donors (Lipinski definition) is 1. The van der Waals surface area contributed by atoms with Crippen LogP contribution in [0.1, 0.15) is 26.7 Å². The van der Waals surface area contributed by atoms with Crippen molar-refractivity contribution in [1.29, 1.82) is 0 Å². The molecule has 0 aromatic rings. The summed E-state index contributed by atoms with van der Waals surface area (Å²) in [4.78, 5) is 0. The average molecular weight is 126 g/mol. The molecule has 52 valence electrons. The van der Waals surface area contributed by atoms with Crippen LogP contribution in [-0.2, 0) is 0 Å². The molecule has 1 rings (SSSR count). The first kappa shape index (κ1) is 6.81. The highest BCUT2D eigenvalue weighted by Gasteiger charge is 2.22. The highest BCUT2D eigenvalue weighted by atomic mass is 16.3. The lowest BCUT2D eigenvalue weighted by atomic mass is 9.86. The molecule has 0 saturated heterocycles. The van der Waals surface area contributed by atoms with E-state index >= 15 is 0 Å². The van der Waals surface area contributed by atoms with E-state index in [-0.39, 0.29) is 0 Å². The first-order chi connectivity index (χ1) is 4.10. The summed E-state index contributed by atoms with van der Waals surface area (Å²) in [7, 11) is 0. The van der Waals surface area contributed by atoms with Crippen LogP contribution in [-0.4, -0.2) is 10.7 Å². The summed E-state index contributed by atoms with van der Waals surface area (Å²) in [5.41, 5.74) is -0.530. The van der Waals surface area contributed by atoms with Crippen molar-refractivity contribution >= 4 is 0 Å². The van der Waals surface area contributed by atoms with Crippen LogP contribution >= 0.6 is 0 Å². The minimum absolute atomic E-state index is 0.530. The van der Waals surface area contributed by atoms with E-state index in [0.717, 1.165) is 12.8 Å². The Kier molecular flexibility index (Phi) is 1.62. The number of hydrogen-bond acceptors (Lipinski definition) is 1. The van der Waals surface area contributed by atoms with Crippen LogP contribution in [0.25, 0.3) is 0 Å². The van der Waals surface area contributed by atoms with Gasteiger partial charge in [-0.15, -0.1) is 0 Å². The molecule has 2 atom stereocenters. The van der Waals surface area contributed by atoms with Gasteiger partial charge in [-0.3, -0.25) is 0 Å². The zero-order chi connectivity index (χ0) is 6.91. The van der Waals surface area contributed by atoms with Crippen LogP contribution in [0.3, 0.4) is 0 Å². The fourth-order valence-corrected chi connectivity index (χ4v) is 1.41. The highest BCUT2D eigenvalue weighted by Crippen LogP contribution is 2.25. The quantitative estimate of drug-likeness (QED) is 0.490. The maximum absolute atomic E-state index is 9.46. The summed E-state index contributed by atoms with van der Waals surface area (Å²) in [5.74, 6) is 0.644. The first-order valence-corrected chi connectivity index (χ1v) is 3.50. The van der Waals surface area contributed by atoms with Gasteiger partial charge in [-0.05, 0) is 25.7 Å². The molecule has 0 amide bonds. The second-order valence-electron chi connectivity index (χ2n) is 3.30. The standard InChI is InChI=1S/C8H14O/c1-7-4-3-5-8(2,9)6-7/h3,5,7,9H,4,6H2,1-2H3. The van der Waals surface area contributed by atoms with E-state index in [1.807, 2.05) is 13.0 Å². The van der Waals surface area contributed by atoms with Gasteiger partial charge in [-0.1, -0.05) is 19.1 Å². The van der Waals surface area contributed by atoms with Crippen molar-refractivity contribution in [2.45, 2.75) is 32.3 Å². The van der Waals surface area contributed by atoms with Crippen molar-refractivity contribution in [2.24, 2.45) is 5.92 Å².